The van der Waals surface area contributed by atoms with Crippen molar-refractivity contribution in [2.24, 2.45) is 23.0 Å². The van der Waals surface area contributed by atoms with E-state index in [2.05, 4.69) is 29.8 Å². The summed E-state index contributed by atoms with van der Waals surface area (Å²) in [5.41, 5.74) is 5.44. The van der Waals surface area contributed by atoms with Gasteiger partial charge in [-0.15, -0.1) is 0 Å². The van der Waals surface area contributed by atoms with Crippen molar-refractivity contribution in [3.8, 4) is 0 Å². The molecule has 1 aliphatic carbocycles. The number of primary amides is 1. The molecule has 64 valence electrons. The van der Waals surface area contributed by atoms with Gasteiger partial charge in [0, 0.05) is 11.8 Å². The van der Waals surface area contributed by atoms with E-state index in [1.807, 2.05) is 0 Å². The minimum atomic E-state index is -0.175. The van der Waals surface area contributed by atoms with Gasteiger partial charge in [0.2, 0.25) is 5.91 Å². The van der Waals surface area contributed by atoms with Gasteiger partial charge in [-0.05, 0) is 17.3 Å². The van der Waals surface area contributed by atoms with E-state index < -0.39 is 0 Å². The normalized spacial score (nSPS) is 33.4. The lowest BCUT2D eigenvalue weighted by atomic mass is 10.1. The number of rotatable bonds is 3. The number of carbonyl (C=O) groups excluding carboxylic acids is 1. The number of nitrogens with two attached hydrogens (primary N) is 1. The summed E-state index contributed by atoms with van der Waals surface area (Å²) in [4.78, 5) is 10.6. The highest BCUT2D eigenvalue weighted by molar-refractivity contribution is 9.09. The third kappa shape index (κ3) is 1.58. The SMILES string of the molecule is CC1(C)C(CBr)C1CC(N)=O. The van der Waals surface area contributed by atoms with Crippen LogP contribution in [-0.2, 0) is 4.79 Å². The van der Waals surface area contributed by atoms with Gasteiger partial charge in [-0.1, -0.05) is 29.8 Å². The van der Waals surface area contributed by atoms with Crippen LogP contribution in [0.15, 0.2) is 0 Å². The molecule has 0 radical (unpaired) electrons. The molecule has 0 aromatic rings. The van der Waals surface area contributed by atoms with Crippen LogP contribution in [0.3, 0.4) is 0 Å². The van der Waals surface area contributed by atoms with E-state index in [4.69, 9.17) is 5.73 Å². The fourth-order valence-corrected chi connectivity index (χ4v) is 3.07. The van der Waals surface area contributed by atoms with E-state index in [1.54, 1.807) is 0 Å². The quantitative estimate of drug-likeness (QED) is 0.720. The molecule has 1 aliphatic rings. The van der Waals surface area contributed by atoms with Crippen molar-refractivity contribution in [1.29, 1.82) is 0 Å². The van der Waals surface area contributed by atoms with Crippen molar-refractivity contribution in [2.75, 3.05) is 5.33 Å². The molecule has 0 saturated heterocycles. The summed E-state index contributed by atoms with van der Waals surface area (Å²) in [6.45, 7) is 4.37. The van der Waals surface area contributed by atoms with Crippen molar-refractivity contribution in [3.05, 3.63) is 0 Å². The van der Waals surface area contributed by atoms with Crippen LogP contribution in [0, 0.1) is 17.3 Å². The van der Waals surface area contributed by atoms with Gasteiger partial charge in [-0.2, -0.15) is 0 Å². The Morgan fingerprint density at radius 3 is 2.36 bits per heavy atom. The molecule has 2 nitrogen and oxygen atoms in total. The first-order valence-corrected chi connectivity index (χ1v) is 4.96. The number of hydrogen-bond acceptors (Lipinski definition) is 1. The topological polar surface area (TPSA) is 43.1 Å². The zero-order valence-corrected chi connectivity index (χ0v) is 8.52. The predicted octanol–water partition coefficient (Wildman–Crippen LogP) is 1.53. The smallest absolute Gasteiger partial charge is 0.217 e. The average Bonchev–Trinajstić information content (AvgIpc) is 2.33. The summed E-state index contributed by atoms with van der Waals surface area (Å²) in [7, 11) is 0. The average molecular weight is 220 g/mol. The lowest BCUT2D eigenvalue weighted by Gasteiger charge is -1.98. The Hall–Kier alpha value is -0.0500. The molecule has 0 aliphatic heterocycles. The second kappa shape index (κ2) is 2.77. The van der Waals surface area contributed by atoms with E-state index in [0.717, 1.165) is 5.33 Å². The second-order valence-corrected chi connectivity index (χ2v) is 4.51. The maximum Gasteiger partial charge on any atom is 0.217 e. The molecular formula is C8H14BrNO. The summed E-state index contributed by atoms with van der Waals surface area (Å²) in [5, 5.41) is 0.984. The molecule has 2 atom stereocenters. The molecular weight excluding hydrogens is 206 g/mol. The van der Waals surface area contributed by atoms with Crippen LogP contribution in [0.1, 0.15) is 20.3 Å². The maximum atomic E-state index is 10.6. The lowest BCUT2D eigenvalue weighted by molar-refractivity contribution is -0.118. The van der Waals surface area contributed by atoms with Gasteiger partial charge in [0.15, 0.2) is 0 Å². The standard InChI is InChI=1S/C8H14BrNO/c1-8(2)5(3-7(10)11)6(8)4-9/h5-6H,3-4H2,1-2H3,(H2,10,11). The number of halogens is 1. The number of alkyl halides is 1. The van der Waals surface area contributed by atoms with E-state index in [0.29, 0.717) is 23.7 Å². The third-order valence-electron chi connectivity index (χ3n) is 2.88. The van der Waals surface area contributed by atoms with Crippen LogP contribution in [0.4, 0.5) is 0 Å². The Kier molecular flexibility index (Phi) is 2.28. The van der Waals surface area contributed by atoms with Crippen LogP contribution in [-0.4, -0.2) is 11.2 Å². The predicted molar refractivity (Wildman–Crippen MR) is 48.4 cm³/mol. The number of hydrogen-bond donors (Lipinski definition) is 1. The first-order valence-electron chi connectivity index (χ1n) is 3.84. The second-order valence-electron chi connectivity index (χ2n) is 3.86. The maximum absolute atomic E-state index is 10.6. The monoisotopic (exact) mass is 219 g/mol. The molecule has 0 aromatic carbocycles. The largest absolute Gasteiger partial charge is 0.370 e. The van der Waals surface area contributed by atoms with Crippen LogP contribution in [0.25, 0.3) is 0 Å². The lowest BCUT2D eigenvalue weighted by Crippen LogP contribution is -2.12. The summed E-state index contributed by atoms with van der Waals surface area (Å²) >= 11 is 3.43. The number of carbonyl (C=O) groups is 1. The molecule has 0 bridgehead atoms. The van der Waals surface area contributed by atoms with Crippen LogP contribution < -0.4 is 5.73 Å². The fourth-order valence-electron chi connectivity index (χ4n) is 1.79. The van der Waals surface area contributed by atoms with E-state index in [-0.39, 0.29) is 5.91 Å². The van der Waals surface area contributed by atoms with E-state index >= 15 is 0 Å². The van der Waals surface area contributed by atoms with Crippen molar-refractivity contribution < 1.29 is 4.79 Å². The Labute approximate surface area is 75.7 Å². The summed E-state index contributed by atoms with van der Waals surface area (Å²) in [6, 6.07) is 0. The Morgan fingerprint density at radius 2 is 2.09 bits per heavy atom. The van der Waals surface area contributed by atoms with Gasteiger partial charge < -0.3 is 5.73 Å². The molecule has 0 aromatic heterocycles. The van der Waals surface area contributed by atoms with Gasteiger partial charge in [0.25, 0.3) is 0 Å². The molecule has 0 heterocycles. The molecule has 2 N–H and O–H groups in total. The van der Waals surface area contributed by atoms with Crippen LogP contribution in [0.2, 0.25) is 0 Å². The zero-order chi connectivity index (χ0) is 8.65. The Balaban J connectivity index is 2.46. The van der Waals surface area contributed by atoms with Crippen molar-refractivity contribution in [3.63, 3.8) is 0 Å². The highest BCUT2D eigenvalue weighted by atomic mass is 79.9. The Morgan fingerprint density at radius 1 is 1.55 bits per heavy atom. The highest BCUT2D eigenvalue weighted by Crippen LogP contribution is 2.60. The van der Waals surface area contributed by atoms with Crippen LogP contribution >= 0.6 is 15.9 Å². The molecule has 1 fully saturated rings. The minimum Gasteiger partial charge on any atom is -0.370 e. The van der Waals surface area contributed by atoms with E-state index in [1.165, 1.54) is 0 Å². The molecule has 3 heteroatoms. The Bertz CT molecular complexity index is 179. The first kappa shape index (κ1) is 9.04. The molecule has 0 spiro atoms. The van der Waals surface area contributed by atoms with Crippen molar-refractivity contribution in [2.45, 2.75) is 20.3 Å². The van der Waals surface area contributed by atoms with Crippen LogP contribution in [0.5, 0.6) is 0 Å². The summed E-state index contributed by atoms with van der Waals surface area (Å²) in [5.74, 6) is 0.959. The summed E-state index contributed by atoms with van der Waals surface area (Å²) < 4.78 is 0. The molecule has 1 rings (SSSR count). The fraction of sp³-hybridized carbons (Fsp3) is 0.875. The van der Waals surface area contributed by atoms with Gasteiger partial charge >= 0.3 is 0 Å². The molecule has 1 amide bonds. The van der Waals surface area contributed by atoms with E-state index in [9.17, 15) is 4.79 Å². The summed E-state index contributed by atoms with van der Waals surface area (Å²) in [6.07, 6.45) is 0.545. The molecule has 1 saturated carbocycles. The van der Waals surface area contributed by atoms with Crippen molar-refractivity contribution in [1.82, 2.24) is 0 Å². The minimum absolute atomic E-state index is 0.175. The zero-order valence-electron chi connectivity index (χ0n) is 6.93. The van der Waals surface area contributed by atoms with Gasteiger partial charge in [0.05, 0.1) is 0 Å². The first-order chi connectivity index (χ1) is 5.00. The molecule has 11 heavy (non-hydrogen) atoms. The third-order valence-corrected chi connectivity index (χ3v) is 3.57. The van der Waals surface area contributed by atoms with Crippen molar-refractivity contribution >= 4 is 21.8 Å². The van der Waals surface area contributed by atoms with Gasteiger partial charge in [-0.3, -0.25) is 4.79 Å². The highest BCUT2D eigenvalue weighted by Gasteiger charge is 2.56. The van der Waals surface area contributed by atoms with Gasteiger partial charge in [-0.25, -0.2) is 0 Å². The van der Waals surface area contributed by atoms with Gasteiger partial charge in [0.1, 0.15) is 0 Å². The number of amides is 1. The molecule has 2 unspecified atom stereocenters.